The third kappa shape index (κ3) is 4.02. The number of piperidine rings is 1. The van der Waals surface area contributed by atoms with Crippen molar-refractivity contribution in [2.45, 2.75) is 26.7 Å². The SMILES string of the molecule is Cc1cc(-c2c(C#N)c(NCC3CCNCC3)nc3sc(OC(N)=O)c(N)c23)oc1C. The van der Waals surface area contributed by atoms with Crippen molar-refractivity contribution in [2.24, 2.45) is 11.7 Å². The first kappa shape index (κ1) is 21.0. The number of ether oxygens (including phenoxy) is 1. The Balaban J connectivity index is 1.87. The molecule has 1 amide bonds. The molecule has 162 valence electrons. The van der Waals surface area contributed by atoms with E-state index in [2.05, 4.69) is 21.7 Å². The predicted octanol–water partition coefficient (Wildman–Crippen LogP) is 3.50. The van der Waals surface area contributed by atoms with Crippen LogP contribution in [0.3, 0.4) is 0 Å². The van der Waals surface area contributed by atoms with Gasteiger partial charge in [-0.25, -0.2) is 9.78 Å². The second-order valence-corrected chi connectivity index (χ2v) is 8.61. The standard InChI is InChI=1S/C21H24N6O3S/c1-10-7-14(29-11(10)2)15-13(8-22)18(26-9-12-3-5-25-6-4-12)27-19-16(15)17(23)20(31-19)30-21(24)28/h7,12,25H,3-6,9,23H2,1-2H3,(H2,24,28)(H,26,27). The average Bonchev–Trinajstić information content (AvgIpc) is 3.24. The number of anilines is 2. The van der Waals surface area contributed by atoms with E-state index in [1.54, 1.807) is 0 Å². The molecule has 0 unspecified atom stereocenters. The van der Waals surface area contributed by atoms with Gasteiger partial charge in [-0.2, -0.15) is 5.26 Å². The van der Waals surface area contributed by atoms with E-state index in [9.17, 15) is 10.1 Å². The second kappa shape index (κ2) is 8.45. The van der Waals surface area contributed by atoms with Crippen LogP contribution >= 0.6 is 11.3 Å². The van der Waals surface area contributed by atoms with Gasteiger partial charge in [-0.3, -0.25) is 0 Å². The summed E-state index contributed by atoms with van der Waals surface area (Å²) in [5.74, 6) is 2.21. The van der Waals surface area contributed by atoms with Crippen LogP contribution in [-0.2, 0) is 0 Å². The summed E-state index contributed by atoms with van der Waals surface area (Å²) in [4.78, 5) is 16.5. The molecule has 0 atom stereocenters. The molecule has 0 bridgehead atoms. The molecule has 4 rings (SSSR count). The zero-order valence-electron chi connectivity index (χ0n) is 17.4. The summed E-state index contributed by atoms with van der Waals surface area (Å²) < 4.78 is 11.0. The Morgan fingerprint density at radius 1 is 1.45 bits per heavy atom. The van der Waals surface area contributed by atoms with Crippen LogP contribution in [0.25, 0.3) is 21.5 Å². The highest BCUT2D eigenvalue weighted by Crippen LogP contribution is 2.47. The number of aromatic nitrogens is 1. The van der Waals surface area contributed by atoms with Crippen LogP contribution in [0.15, 0.2) is 10.5 Å². The van der Waals surface area contributed by atoms with Crippen LogP contribution in [-0.4, -0.2) is 30.7 Å². The normalized spacial score (nSPS) is 14.5. The summed E-state index contributed by atoms with van der Waals surface area (Å²) in [7, 11) is 0. The number of fused-ring (bicyclic) bond motifs is 1. The molecule has 1 aliphatic heterocycles. The smallest absolute Gasteiger partial charge is 0.410 e. The molecule has 10 heteroatoms. The molecule has 0 aliphatic carbocycles. The van der Waals surface area contributed by atoms with Crippen molar-refractivity contribution in [3.05, 3.63) is 23.0 Å². The highest BCUT2D eigenvalue weighted by molar-refractivity contribution is 7.21. The summed E-state index contributed by atoms with van der Waals surface area (Å²) in [5, 5.41) is 17.4. The summed E-state index contributed by atoms with van der Waals surface area (Å²) in [6, 6.07) is 4.14. The maximum Gasteiger partial charge on any atom is 0.410 e. The van der Waals surface area contributed by atoms with Gasteiger partial charge in [-0.1, -0.05) is 11.3 Å². The minimum Gasteiger partial charge on any atom is -0.461 e. The summed E-state index contributed by atoms with van der Waals surface area (Å²) in [6.45, 7) is 6.46. The zero-order valence-corrected chi connectivity index (χ0v) is 18.2. The van der Waals surface area contributed by atoms with E-state index in [4.69, 9.17) is 20.6 Å². The van der Waals surface area contributed by atoms with Gasteiger partial charge in [0.2, 0.25) is 5.06 Å². The molecular weight excluding hydrogens is 416 g/mol. The Bertz CT molecular complexity index is 1170. The predicted molar refractivity (Wildman–Crippen MR) is 120 cm³/mol. The molecule has 1 saturated heterocycles. The number of aryl methyl sites for hydroxylation is 2. The molecule has 3 aromatic rings. The number of rotatable bonds is 5. The number of nitrogen functional groups attached to an aromatic ring is 1. The van der Waals surface area contributed by atoms with Crippen LogP contribution < -0.4 is 26.8 Å². The average molecular weight is 441 g/mol. The van der Waals surface area contributed by atoms with E-state index in [-0.39, 0.29) is 10.8 Å². The van der Waals surface area contributed by atoms with Gasteiger partial charge in [-0.05, 0) is 57.3 Å². The lowest BCUT2D eigenvalue weighted by Crippen LogP contribution is -2.31. The third-order valence-corrected chi connectivity index (χ3v) is 6.55. The maximum absolute atomic E-state index is 11.3. The first-order valence-corrected chi connectivity index (χ1v) is 10.9. The second-order valence-electron chi connectivity index (χ2n) is 7.65. The molecule has 0 saturated carbocycles. The number of carbonyl (C=O) groups is 1. The molecular formula is C21H24N6O3S. The first-order chi connectivity index (χ1) is 14.9. The summed E-state index contributed by atoms with van der Waals surface area (Å²) in [5.41, 5.74) is 13.5. The van der Waals surface area contributed by atoms with Crippen molar-refractivity contribution in [1.29, 1.82) is 5.26 Å². The number of thiophene rings is 1. The number of nitrogens with two attached hydrogens (primary N) is 2. The van der Waals surface area contributed by atoms with Crippen LogP contribution in [0, 0.1) is 31.1 Å². The third-order valence-electron chi connectivity index (χ3n) is 5.58. The van der Waals surface area contributed by atoms with E-state index in [1.165, 1.54) is 0 Å². The topological polar surface area (TPSA) is 152 Å². The lowest BCUT2D eigenvalue weighted by Gasteiger charge is -2.23. The fraction of sp³-hybridized carbons (Fsp3) is 0.381. The highest BCUT2D eigenvalue weighted by Gasteiger charge is 2.26. The molecule has 1 fully saturated rings. The van der Waals surface area contributed by atoms with Gasteiger partial charge in [0, 0.05) is 6.54 Å². The van der Waals surface area contributed by atoms with Crippen molar-refractivity contribution < 1.29 is 13.9 Å². The van der Waals surface area contributed by atoms with Gasteiger partial charge in [-0.15, -0.1) is 0 Å². The highest BCUT2D eigenvalue weighted by atomic mass is 32.1. The summed E-state index contributed by atoms with van der Waals surface area (Å²) in [6.07, 6.45) is 1.15. The number of hydrogen-bond donors (Lipinski definition) is 4. The lowest BCUT2D eigenvalue weighted by atomic mass is 9.98. The Kier molecular flexibility index (Phi) is 5.71. The molecule has 31 heavy (non-hydrogen) atoms. The van der Waals surface area contributed by atoms with Crippen LogP contribution in [0.4, 0.5) is 16.3 Å². The van der Waals surface area contributed by atoms with Crippen LogP contribution in [0.1, 0.15) is 29.7 Å². The zero-order chi connectivity index (χ0) is 22.1. The minimum atomic E-state index is -0.964. The number of nitrogens with one attached hydrogen (secondary N) is 2. The quantitative estimate of drug-likeness (QED) is 0.470. The van der Waals surface area contributed by atoms with Crippen LogP contribution in [0.2, 0.25) is 0 Å². The van der Waals surface area contributed by atoms with E-state index < -0.39 is 6.09 Å². The molecule has 0 aromatic carbocycles. The number of nitriles is 1. The summed E-state index contributed by atoms with van der Waals surface area (Å²) >= 11 is 1.11. The van der Waals surface area contributed by atoms with Gasteiger partial charge >= 0.3 is 6.09 Å². The van der Waals surface area contributed by atoms with Crippen molar-refractivity contribution in [3.63, 3.8) is 0 Å². The van der Waals surface area contributed by atoms with Gasteiger partial charge in [0.15, 0.2) is 0 Å². The Morgan fingerprint density at radius 3 is 2.81 bits per heavy atom. The molecule has 1 aliphatic rings. The minimum absolute atomic E-state index is 0.149. The Morgan fingerprint density at radius 2 is 2.19 bits per heavy atom. The number of primary amides is 1. The molecule has 0 radical (unpaired) electrons. The van der Waals surface area contributed by atoms with Crippen LogP contribution in [0.5, 0.6) is 5.06 Å². The number of amides is 1. The van der Waals surface area contributed by atoms with Crippen molar-refractivity contribution in [3.8, 4) is 22.5 Å². The molecule has 3 aromatic heterocycles. The molecule has 9 nitrogen and oxygen atoms in total. The molecule has 6 N–H and O–H groups in total. The lowest BCUT2D eigenvalue weighted by molar-refractivity contribution is 0.212. The van der Waals surface area contributed by atoms with Crippen molar-refractivity contribution in [1.82, 2.24) is 10.3 Å². The Labute approximate surface area is 183 Å². The number of pyridine rings is 1. The van der Waals surface area contributed by atoms with Gasteiger partial charge in [0.25, 0.3) is 0 Å². The van der Waals surface area contributed by atoms with E-state index in [1.807, 2.05) is 19.9 Å². The fourth-order valence-electron chi connectivity index (χ4n) is 3.81. The molecule has 4 heterocycles. The first-order valence-electron chi connectivity index (χ1n) is 10.0. The van der Waals surface area contributed by atoms with E-state index in [0.29, 0.717) is 45.4 Å². The molecule has 0 spiro atoms. The number of carbonyl (C=O) groups excluding carboxylic acids is 1. The number of nitrogens with zero attached hydrogens (tertiary/aromatic N) is 2. The monoisotopic (exact) mass is 440 g/mol. The van der Waals surface area contributed by atoms with Gasteiger partial charge < -0.3 is 31.3 Å². The number of hydrogen-bond acceptors (Lipinski definition) is 9. The van der Waals surface area contributed by atoms with Crippen molar-refractivity contribution in [2.75, 3.05) is 30.7 Å². The fourth-order valence-corrected chi connectivity index (χ4v) is 4.77. The van der Waals surface area contributed by atoms with E-state index >= 15 is 0 Å². The van der Waals surface area contributed by atoms with Crippen molar-refractivity contribution >= 4 is 39.2 Å². The van der Waals surface area contributed by atoms with Gasteiger partial charge in [0.05, 0.1) is 16.6 Å². The maximum atomic E-state index is 11.3. The number of furan rings is 1. The van der Waals surface area contributed by atoms with Gasteiger partial charge in [0.1, 0.15) is 33.8 Å². The Hall–Kier alpha value is -3.29. The van der Waals surface area contributed by atoms with E-state index in [0.717, 1.165) is 48.6 Å². The largest absolute Gasteiger partial charge is 0.461 e.